The molecule has 3 amide bonds. The van der Waals surface area contributed by atoms with Crippen molar-refractivity contribution in [3.8, 4) is 0 Å². The summed E-state index contributed by atoms with van der Waals surface area (Å²) in [4.78, 5) is 55.1. The van der Waals surface area contributed by atoms with Crippen LogP contribution in [0.15, 0.2) is 35.3 Å². The summed E-state index contributed by atoms with van der Waals surface area (Å²) >= 11 is 0. The molecule has 13 heteroatoms. The number of aliphatic imine (C=N–C) groups is 1. The molecule has 0 radical (unpaired) electrons. The largest absolute Gasteiger partial charge is 0.480 e. The van der Waals surface area contributed by atoms with Crippen molar-refractivity contribution in [3.05, 3.63) is 35.9 Å². The van der Waals surface area contributed by atoms with Gasteiger partial charge < -0.3 is 44.0 Å². The topological polar surface area (TPSA) is 241 Å². The third-order valence-corrected chi connectivity index (χ3v) is 6.12. The number of rotatable bonds is 19. The molecule has 12 N–H and O–H groups in total. The Hall–Kier alpha value is -3.71. The molecule has 0 saturated carbocycles. The number of hydrogen-bond acceptors (Lipinski definition) is 7. The van der Waals surface area contributed by atoms with Gasteiger partial charge in [-0.25, -0.2) is 4.79 Å². The number of guanidine groups is 1. The Labute approximate surface area is 235 Å². The van der Waals surface area contributed by atoms with E-state index < -0.39 is 47.9 Å². The normalized spacial score (nSPS) is 13.9. The fourth-order valence-corrected chi connectivity index (χ4v) is 4.02. The van der Waals surface area contributed by atoms with E-state index in [1.54, 1.807) is 0 Å². The summed E-state index contributed by atoms with van der Waals surface area (Å²) in [5.41, 5.74) is 23.1. The van der Waals surface area contributed by atoms with E-state index in [1.807, 2.05) is 44.2 Å². The van der Waals surface area contributed by atoms with E-state index in [9.17, 15) is 24.3 Å². The third kappa shape index (κ3) is 13.9. The summed E-state index contributed by atoms with van der Waals surface area (Å²) in [6.45, 7) is 4.48. The quantitative estimate of drug-likeness (QED) is 0.0604. The number of nitrogens with one attached hydrogen (secondary N) is 3. The van der Waals surface area contributed by atoms with Gasteiger partial charge in [0.1, 0.15) is 18.1 Å². The van der Waals surface area contributed by atoms with Crippen molar-refractivity contribution in [1.29, 1.82) is 0 Å². The minimum Gasteiger partial charge on any atom is -0.480 e. The van der Waals surface area contributed by atoms with Gasteiger partial charge in [-0.1, -0.05) is 44.2 Å². The summed E-state index contributed by atoms with van der Waals surface area (Å²) in [5, 5.41) is 17.5. The first-order valence-electron chi connectivity index (χ1n) is 13.6. The number of hydrogen-bond donors (Lipinski definition) is 8. The van der Waals surface area contributed by atoms with Crippen LogP contribution in [0.4, 0.5) is 0 Å². The Morgan fingerprint density at radius 3 is 2.00 bits per heavy atom. The number of amides is 3. The zero-order chi connectivity index (χ0) is 30.1. The molecule has 0 saturated heterocycles. The van der Waals surface area contributed by atoms with Gasteiger partial charge in [0, 0.05) is 13.0 Å². The molecule has 13 nitrogen and oxygen atoms in total. The number of benzene rings is 1. The van der Waals surface area contributed by atoms with Gasteiger partial charge in [0.05, 0.1) is 6.04 Å². The molecule has 0 aliphatic heterocycles. The van der Waals surface area contributed by atoms with Gasteiger partial charge in [-0.3, -0.25) is 19.4 Å². The lowest BCUT2D eigenvalue weighted by molar-refractivity contribution is -0.142. The van der Waals surface area contributed by atoms with E-state index in [0.717, 1.165) is 5.56 Å². The average Bonchev–Trinajstić information content (AvgIpc) is 2.89. The Balaban J connectivity index is 3.13. The zero-order valence-corrected chi connectivity index (χ0v) is 23.5. The standard InChI is InChI=1S/C27H46N8O5/c1-17(2)15-19(29)23(36)35-22(16-18-9-4-3-5-10-18)25(38)33-20(12-8-14-32-27(30)31)24(37)34-21(26(39)40)11-6-7-13-28/h3-5,9-10,17,19-22H,6-8,11-16,28-29H2,1-2H3,(H,33,38)(H,34,37)(H,35,36)(H,39,40)(H4,30,31,32). The van der Waals surface area contributed by atoms with Crippen molar-refractivity contribution in [1.82, 2.24) is 16.0 Å². The van der Waals surface area contributed by atoms with Crippen LogP contribution < -0.4 is 38.9 Å². The molecule has 0 aromatic heterocycles. The highest BCUT2D eigenvalue weighted by atomic mass is 16.4. The highest BCUT2D eigenvalue weighted by Gasteiger charge is 2.30. The van der Waals surface area contributed by atoms with Crippen molar-refractivity contribution >= 4 is 29.7 Å². The number of carbonyl (C=O) groups is 4. The Kier molecular flexibility index (Phi) is 15.9. The zero-order valence-electron chi connectivity index (χ0n) is 23.5. The maximum absolute atomic E-state index is 13.5. The molecule has 1 aromatic rings. The van der Waals surface area contributed by atoms with Crippen LogP contribution in [0.5, 0.6) is 0 Å². The summed E-state index contributed by atoms with van der Waals surface area (Å²) in [6, 6.07) is 5.01. The van der Waals surface area contributed by atoms with Crippen LogP contribution in [0, 0.1) is 5.92 Å². The molecule has 224 valence electrons. The average molecular weight is 563 g/mol. The third-order valence-electron chi connectivity index (χ3n) is 6.12. The van der Waals surface area contributed by atoms with Crippen molar-refractivity contribution < 1.29 is 24.3 Å². The molecule has 4 atom stereocenters. The number of carbonyl (C=O) groups excluding carboxylic acids is 3. The maximum Gasteiger partial charge on any atom is 0.326 e. The fraction of sp³-hybridized carbons (Fsp3) is 0.593. The lowest BCUT2D eigenvalue weighted by Crippen LogP contribution is -2.57. The van der Waals surface area contributed by atoms with Crippen molar-refractivity contribution in [2.75, 3.05) is 13.1 Å². The van der Waals surface area contributed by atoms with Gasteiger partial charge in [-0.15, -0.1) is 0 Å². The molecule has 40 heavy (non-hydrogen) atoms. The smallest absolute Gasteiger partial charge is 0.326 e. The van der Waals surface area contributed by atoms with Crippen molar-refractivity contribution in [3.63, 3.8) is 0 Å². The van der Waals surface area contributed by atoms with Crippen LogP contribution in [0.1, 0.15) is 57.9 Å². The number of carboxylic acids is 1. The lowest BCUT2D eigenvalue weighted by Gasteiger charge is -2.25. The van der Waals surface area contributed by atoms with E-state index in [1.165, 1.54) is 0 Å². The molecule has 1 aromatic carbocycles. The van der Waals surface area contributed by atoms with E-state index in [0.29, 0.717) is 32.2 Å². The van der Waals surface area contributed by atoms with Gasteiger partial charge in [-0.05, 0) is 56.6 Å². The fourth-order valence-electron chi connectivity index (χ4n) is 4.02. The highest BCUT2D eigenvalue weighted by Crippen LogP contribution is 2.09. The van der Waals surface area contributed by atoms with E-state index in [4.69, 9.17) is 22.9 Å². The Morgan fingerprint density at radius 1 is 0.850 bits per heavy atom. The second-order valence-electron chi connectivity index (χ2n) is 10.2. The Bertz CT molecular complexity index is 969. The SMILES string of the molecule is CC(C)CC(N)C(=O)NC(Cc1ccccc1)C(=O)NC(CCCN=C(N)N)C(=O)NC(CCCCN)C(=O)O. The second-order valence-corrected chi connectivity index (χ2v) is 10.2. The summed E-state index contributed by atoms with van der Waals surface area (Å²) < 4.78 is 0. The number of aliphatic carboxylic acids is 1. The molecule has 4 unspecified atom stereocenters. The summed E-state index contributed by atoms with van der Waals surface area (Å²) in [5.74, 6) is -2.88. The van der Waals surface area contributed by atoms with Crippen molar-refractivity contribution in [2.24, 2.45) is 33.8 Å². The molecule has 1 rings (SSSR count). The van der Waals surface area contributed by atoms with Crippen LogP contribution in [0.25, 0.3) is 0 Å². The molecular formula is C27H46N8O5. The van der Waals surface area contributed by atoms with Crippen LogP contribution in [0.2, 0.25) is 0 Å². The summed E-state index contributed by atoms with van der Waals surface area (Å²) in [7, 11) is 0. The van der Waals surface area contributed by atoms with Crippen LogP contribution in [0.3, 0.4) is 0 Å². The monoisotopic (exact) mass is 562 g/mol. The Morgan fingerprint density at radius 2 is 1.43 bits per heavy atom. The van der Waals surface area contributed by atoms with Crippen LogP contribution in [-0.2, 0) is 25.6 Å². The first kappa shape index (κ1) is 34.3. The van der Waals surface area contributed by atoms with Gasteiger partial charge in [0.25, 0.3) is 0 Å². The van der Waals surface area contributed by atoms with Gasteiger partial charge in [0.15, 0.2) is 5.96 Å². The van der Waals surface area contributed by atoms with Gasteiger partial charge in [0.2, 0.25) is 17.7 Å². The van der Waals surface area contributed by atoms with Gasteiger partial charge in [-0.2, -0.15) is 0 Å². The summed E-state index contributed by atoms with van der Waals surface area (Å²) in [6.07, 6.45) is 2.36. The number of unbranched alkanes of at least 4 members (excludes halogenated alkanes) is 1. The lowest BCUT2D eigenvalue weighted by atomic mass is 10.0. The van der Waals surface area contributed by atoms with Gasteiger partial charge >= 0.3 is 5.97 Å². The predicted octanol–water partition coefficient (Wildman–Crippen LogP) is -0.676. The molecular weight excluding hydrogens is 516 g/mol. The number of nitrogens with two attached hydrogens (primary N) is 4. The minimum atomic E-state index is -1.19. The van der Waals surface area contributed by atoms with Crippen molar-refractivity contribution in [2.45, 2.75) is 83.0 Å². The first-order valence-corrected chi connectivity index (χ1v) is 13.6. The first-order chi connectivity index (χ1) is 18.9. The maximum atomic E-state index is 13.5. The number of carboxylic acid groups (broad SMARTS) is 1. The highest BCUT2D eigenvalue weighted by molar-refractivity contribution is 5.94. The predicted molar refractivity (Wildman–Crippen MR) is 154 cm³/mol. The van der Waals surface area contributed by atoms with E-state index in [-0.39, 0.29) is 37.7 Å². The van der Waals surface area contributed by atoms with E-state index in [2.05, 4.69) is 20.9 Å². The molecule has 0 heterocycles. The minimum absolute atomic E-state index is 0.112. The molecule has 0 fully saturated rings. The van der Waals surface area contributed by atoms with E-state index >= 15 is 0 Å². The van der Waals surface area contributed by atoms with Crippen LogP contribution in [-0.4, -0.2) is 72.0 Å². The number of nitrogens with zero attached hydrogens (tertiary/aromatic N) is 1. The molecule has 0 aliphatic carbocycles. The van der Waals surface area contributed by atoms with Crippen LogP contribution >= 0.6 is 0 Å². The second kappa shape index (κ2) is 18.6. The molecule has 0 bridgehead atoms. The molecule has 0 aliphatic rings. The molecule has 0 spiro atoms.